The fourth-order valence-electron chi connectivity index (χ4n) is 1.30. The van der Waals surface area contributed by atoms with Gasteiger partial charge >= 0.3 is 6.03 Å². The molecular weight excluding hydrogens is 248 g/mol. The molecule has 17 heavy (non-hydrogen) atoms. The van der Waals surface area contributed by atoms with E-state index < -0.39 is 6.03 Å². The van der Waals surface area contributed by atoms with Crippen LogP contribution in [0.5, 0.6) is 17.2 Å². The molecular formula is C10H15ClN2O4. The molecule has 2 amide bonds. The minimum absolute atomic E-state index is 0. The second kappa shape index (κ2) is 6.70. The van der Waals surface area contributed by atoms with Crippen LogP contribution in [-0.2, 0) is 0 Å². The number of carbonyl (C=O) groups excluding carboxylic acids is 1. The van der Waals surface area contributed by atoms with Crippen molar-refractivity contribution in [1.29, 1.82) is 0 Å². The Morgan fingerprint density at radius 3 is 1.88 bits per heavy atom. The Bertz CT molecular complexity index is 373. The third kappa shape index (κ3) is 3.60. The van der Waals surface area contributed by atoms with E-state index in [1.54, 1.807) is 12.1 Å². The first kappa shape index (κ1) is 15.2. The predicted molar refractivity (Wildman–Crippen MR) is 66.6 cm³/mol. The van der Waals surface area contributed by atoms with Crippen molar-refractivity contribution in [2.75, 3.05) is 26.6 Å². The highest BCUT2D eigenvalue weighted by Gasteiger charge is 2.13. The molecule has 0 aliphatic carbocycles. The Labute approximate surface area is 105 Å². The number of hydrogen-bond acceptors (Lipinski definition) is 4. The summed E-state index contributed by atoms with van der Waals surface area (Å²) in [5.41, 5.74) is 5.49. The van der Waals surface area contributed by atoms with E-state index in [0.717, 1.165) is 0 Å². The quantitative estimate of drug-likeness (QED) is 0.864. The lowest BCUT2D eigenvalue weighted by atomic mass is 10.2. The van der Waals surface area contributed by atoms with Gasteiger partial charge in [-0.25, -0.2) is 4.79 Å². The number of halogens is 1. The molecule has 1 aromatic rings. The molecule has 0 bridgehead atoms. The summed E-state index contributed by atoms with van der Waals surface area (Å²) in [4.78, 5) is 10.7. The van der Waals surface area contributed by atoms with E-state index in [2.05, 4.69) is 5.32 Å². The van der Waals surface area contributed by atoms with Crippen LogP contribution in [0.25, 0.3) is 0 Å². The van der Waals surface area contributed by atoms with E-state index in [4.69, 9.17) is 19.9 Å². The number of amides is 2. The number of ether oxygens (including phenoxy) is 3. The topological polar surface area (TPSA) is 82.8 Å². The summed E-state index contributed by atoms with van der Waals surface area (Å²) in [5.74, 6) is 1.36. The van der Waals surface area contributed by atoms with Gasteiger partial charge in [-0.1, -0.05) is 0 Å². The number of urea groups is 1. The first-order valence-corrected chi connectivity index (χ1v) is 4.48. The summed E-state index contributed by atoms with van der Waals surface area (Å²) < 4.78 is 15.3. The Morgan fingerprint density at radius 1 is 1.12 bits per heavy atom. The van der Waals surface area contributed by atoms with Crippen molar-refractivity contribution in [3.63, 3.8) is 0 Å². The van der Waals surface area contributed by atoms with Crippen LogP contribution in [0.4, 0.5) is 10.5 Å². The van der Waals surface area contributed by atoms with Crippen LogP contribution in [-0.4, -0.2) is 27.4 Å². The van der Waals surface area contributed by atoms with Gasteiger partial charge in [0.1, 0.15) is 0 Å². The Hall–Kier alpha value is -1.82. The second-order valence-electron chi connectivity index (χ2n) is 2.90. The normalized spacial score (nSPS) is 8.88. The SMILES string of the molecule is COc1cc(NC(N)=O)cc(OC)c1OC.Cl. The minimum atomic E-state index is -0.658. The van der Waals surface area contributed by atoms with Crippen LogP contribution in [0.2, 0.25) is 0 Å². The molecule has 0 saturated heterocycles. The van der Waals surface area contributed by atoms with Gasteiger partial charge < -0.3 is 25.3 Å². The molecule has 1 aromatic carbocycles. The fraction of sp³-hybridized carbons (Fsp3) is 0.300. The summed E-state index contributed by atoms with van der Waals surface area (Å²) in [6.07, 6.45) is 0. The van der Waals surface area contributed by atoms with Gasteiger partial charge in [0.25, 0.3) is 0 Å². The van der Waals surface area contributed by atoms with Gasteiger partial charge in [-0.15, -0.1) is 12.4 Å². The van der Waals surface area contributed by atoms with Crippen LogP contribution < -0.4 is 25.3 Å². The molecule has 1 rings (SSSR count). The molecule has 0 spiro atoms. The lowest BCUT2D eigenvalue weighted by Gasteiger charge is -2.13. The standard InChI is InChI=1S/C10H14N2O4.ClH/c1-14-7-4-6(12-10(11)13)5-8(15-2)9(7)16-3;/h4-5H,1-3H3,(H3,11,12,13);1H. The molecule has 0 fully saturated rings. The second-order valence-corrected chi connectivity index (χ2v) is 2.90. The summed E-state index contributed by atoms with van der Waals surface area (Å²) in [5, 5.41) is 2.43. The zero-order valence-corrected chi connectivity index (χ0v) is 10.6. The van der Waals surface area contributed by atoms with Crippen LogP contribution in [0, 0.1) is 0 Å². The highest BCUT2D eigenvalue weighted by Crippen LogP contribution is 2.39. The van der Waals surface area contributed by atoms with E-state index in [9.17, 15) is 4.79 Å². The number of nitrogens with two attached hydrogens (primary N) is 1. The first-order chi connectivity index (χ1) is 7.62. The summed E-state index contributed by atoms with van der Waals surface area (Å²) in [6.45, 7) is 0. The van der Waals surface area contributed by atoms with Gasteiger partial charge in [0.05, 0.1) is 27.0 Å². The summed E-state index contributed by atoms with van der Waals surface area (Å²) >= 11 is 0. The predicted octanol–water partition coefficient (Wildman–Crippen LogP) is 1.62. The Balaban J connectivity index is 0.00000256. The number of hydrogen-bond donors (Lipinski definition) is 2. The highest BCUT2D eigenvalue weighted by molar-refractivity contribution is 5.88. The van der Waals surface area contributed by atoms with Crippen molar-refractivity contribution in [2.45, 2.75) is 0 Å². The lowest BCUT2D eigenvalue weighted by Crippen LogP contribution is -2.19. The lowest BCUT2D eigenvalue weighted by molar-refractivity contribution is 0.259. The number of carbonyl (C=O) groups is 1. The van der Waals surface area contributed by atoms with Crippen LogP contribution in [0.1, 0.15) is 0 Å². The number of methoxy groups -OCH3 is 3. The van der Waals surface area contributed by atoms with E-state index in [-0.39, 0.29) is 12.4 Å². The largest absolute Gasteiger partial charge is 0.493 e. The molecule has 3 N–H and O–H groups in total. The third-order valence-electron chi connectivity index (χ3n) is 1.93. The zero-order chi connectivity index (χ0) is 12.1. The third-order valence-corrected chi connectivity index (χ3v) is 1.93. The highest BCUT2D eigenvalue weighted by atomic mass is 35.5. The van der Waals surface area contributed by atoms with Crippen molar-refractivity contribution >= 4 is 24.1 Å². The average Bonchev–Trinajstić information content (AvgIpc) is 2.26. The van der Waals surface area contributed by atoms with Crippen molar-refractivity contribution in [3.8, 4) is 17.2 Å². The average molecular weight is 263 g/mol. The molecule has 0 radical (unpaired) electrons. The molecule has 6 nitrogen and oxygen atoms in total. The van der Waals surface area contributed by atoms with Crippen molar-refractivity contribution in [2.24, 2.45) is 5.73 Å². The van der Waals surface area contributed by atoms with Crippen molar-refractivity contribution in [3.05, 3.63) is 12.1 Å². The number of anilines is 1. The maximum Gasteiger partial charge on any atom is 0.316 e. The molecule has 96 valence electrons. The Kier molecular flexibility index (Phi) is 5.98. The fourth-order valence-corrected chi connectivity index (χ4v) is 1.30. The van der Waals surface area contributed by atoms with Crippen LogP contribution in [0.3, 0.4) is 0 Å². The molecule has 0 heterocycles. The molecule has 7 heteroatoms. The number of nitrogens with one attached hydrogen (secondary N) is 1. The van der Waals surface area contributed by atoms with Crippen LogP contribution >= 0.6 is 12.4 Å². The number of rotatable bonds is 4. The minimum Gasteiger partial charge on any atom is -0.493 e. The van der Waals surface area contributed by atoms with E-state index in [1.807, 2.05) is 0 Å². The van der Waals surface area contributed by atoms with Gasteiger partial charge in [-0.3, -0.25) is 0 Å². The molecule has 0 aliphatic heterocycles. The van der Waals surface area contributed by atoms with Gasteiger partial charge in [-0.2, -0.15) is 0 Å². The molecule has 0 saturated carbocycles. The van der Waals surface area contributed by atoms with Gasteiger partial charge in [0.15, 0.2) is 11.5 Å². The molecule has 0 aliphatic rings. The van der Waals surface area contributed by atoms with Crippen molar-refractivity contribution in [1.82, 2.24) is 0 Å². The maximum absolute atomic E-state index is 10.7. The van der Waals surface area contributed by atoms with E-state index in [1.165, 1.54) is 21.3 Å². The summed E-state index contributed by atoms with van der Waals surface area (Å²) in [6, 6.07) is 2.52. The van der Waals surface area contributed by atoms with Gasteiger partial charge in [0, 0.05) is 12.1 Å². The molecule has 0 atom stereocenters. The van der Waals surface area contributed by atoms with Crippen molar-refractivity contribution < 1.29 is 19.0 Å². The maximum atomic E-state index is 10.7. The first-order valence-electron chi connectivity index (χ1n) is 4.48. The monoisotopic (exact) mass is 262 g/mol. The molecule has 0 unspecified atom stereocenters. The molecule has 0 aromatic heterocycles. The van der Waals surface area contributed by atoms with Gasteiger partial charge in [-0.05, 0) is 0 Å². The van der Waals surface area contributed by atoms with E-state index in [0.29, 0.717) is 22.9 Å². The number of benzene rings is 1. The smallest absolute Gasteiger partial charge is 0.316 e. The van der Waals surface area contributed by atoms with Gasteiger partial charge in [0.2, 0.25) is 5.75 Å². The zero-order valence-electron chi connectivity index (χ0n) is 9.77. The number of primary amides is 1. The Morgan fingerprint density at radius 2 is 1.59 bits per heavy atom. The van der Waals surface area contributed by atoms with E-state index >= 15 is 0 Å². The summed E-state index contributed by atoms with van der Waals surface area (Å²) in [7, 11) is 4.48. The van der Waals surface area contributed by atoms with Crippen LogP contribution in [0.15, 0.2) is 12.1 Å².